The van der Waals surface area contributed by atoms with Crippen LogP contribution in [0.25, 0.3) is 0 Å². The molecule has 0 radical (unpaired) electrons. The third kappa shape index (κ3) is 5.35. The van der Waals surface area contributed by atoms with Gasteiger partial charge in [-0.1, -0.05) is 6.92 Å². The van der Waals surface area contributed by atoms with E-state index in [0.717, 1.165) is 0 Å². The predicted molar refractivity (Wildman–Crippen MR) is 127 cm³/mol. The van der Waals surface area contributed by atoms with Gasteiger partial charge in [0, 0.05) is 5.40 Å². The SMILES string of the molecule is CC(P(c1c(F)c(F)c(F)c(F)c1F)c1c(F)c(F)c(F)c(F)c1F)P(c1c(F)c(F)c(F)c(F)c1F)c1c(F)c(F)c(F)c(F)c1F. The molecule has 0 amide bonds. The summed E-state index contributed by atoms with van der Waals surface area (Å²) in [5.74, 6) is -62.1. The first-order valence-electron chi connectivity index (χ1n) is 11.8. The molecule has 0 aliphatic carbocycles. The first-order chi connectivity index (χ1) is 22.1. The monoisotopic (exact) mass is 758 g/mol. The minimum absolute atomic E-state index is 0.0242. The smallest absolute Gasteiger partial charge is 0.200 e. The van der Waals surface area contributed by atoms with Crippen LogP contribution in [0.5, 0.6) is 0 Å². The lowest BCUT2D eigenvalue weighted by molar-refractivity contribution is 0.382. The normalized spacial score (nSPS) is 12.0. The van der Waals surface area contributed by atoms with Crippen LogP contribution in [0, 0.1) is 116 Å². The van der Waals surface area contributed by atoms with Crippen LogP contribution in [0.2, 0.25) is 0 Å². The van der Waals surface area contributed by atoms with Crippen LogP contribution in [0.3, 0.4) is 0 Å². The van der Waals surface area contributed by atoms with Crippen LogP contribution < -0.4 is 21.2 Å². The second kappa shape index (κ2) is 13.0. The van der Waals surface area contributed by atoms with Crippen molar-refractivity contribution in [3.8, 4) is 0 Å². The molecule has 0 aromatic heterocycles. The van der Waals surface area contributed by atoms with Crippen LogP contribution in [-0.4, -0.2) is 5.40 Å². The molecule has 258 valence electrons. The fraction of sp³-hybridized carbons (Fsp3) is 0.0769. The van der Waals surface area contributed by atoms with Gasteiger partial charge in [0.25, 0.3) is 0 Å². The molecular weight excluding hydrogens is 754 g/mol. The molecule has 0 aliphatic heterocycles. The minimum atomic E-state index is -4.88. The van der Waals surface area contributed by atoms with Gasteiger partial charge in [0.15, 0.2) is 93.1 Å². The maximum absolute atomic E-state index is 15.2. The summed E-state index contributed by atoms with van der Waals surface area (Å²) in [4.78, 5) is 0. The van der Waals surface area contributed by atoms with Crippen molar-refractivity contribution in [2.45, 2.75) is 12.3 Å². The average Bonchev–Trinajstić information content (AvgIpc) is 3.06. The lowest BCUT2D eigenvalue weighted by Gasteiger charge is -2.34. The Bertz CT molecular complexity index is 1630. The van der Waals surface area contributed by atoms with E-state index in [4.69, 9.17) is 0 Å². The van der Waals surface area contributed by atoms with Gasteiger partial charge >= 0.3 is 0 Å². The highest BCUT2D eigenvalue weighted by Crippen LogP contribution is 2.59. The van der Waals surface area contributed by atoms with Crippen molar-refractivity contribution in [1.82, 2.24) is 0 Å². The Hall–Kier alpha value is -3.66. The van der Waals surface area contributed by atoms with E-state index in [-0.39, 0.29) is 6.92 Å². The summed E-state index contributed by atoms with van der Waals surface area (Å²) >= 11 is 0. The van der Waals surface area contributed by atoms with Crippen molar-refractivity contribution in [1.29, 1.82) is 0 Å². The first-order valence-corrected chi connectivity index (χ1v) is 14.6. The number of rotatable bonds is 6. The topological polar surface area (TPSA) is 0 Å². The zero-order chi connectivity index (χ0) is 36.6. The molecular formula is C26H4F20P2. The van der Waals surface area contributed by atoms with Gasteiger partial charge in [-0.3, -0.25) is 0 Å². The van der Waals surface area contributed by atoms with E-state index in [9.17, 15) is 52.7 Å². The van der Waals surface area contributed by atoms with Crippen molar-refractivity contribution in [3.63, 3.8) is 0 Å². The first kappa shape index (κ1) is 37.2. The zero-order valence-corrected chi connectivity index (χ0v) is 23.8. The number of hydrogen-bond donors (Lipinski definition) is 0. The van der Waals surface area contributed by atoms with Crippen molar-refractivity contribution >= 4 is 37.1 Å². The summed E-state index contributed by atoms with van der Waals surface area (Å²) in [7, 11) is -9.77. The van der Waals surface area contributed by atoms with E-state index in [1.807, 2.05) is 0 Å². The van der Waals surface area contributed by atoms with E-state index >= 15 is 35.1 Å². The molecule has 0 nitrogen and oxygen atoms in total. The summed E-state index contributed by atoms with van der Waals surface area (Å²) in [5.41, 5.74) is 0. The van der Waals surface area contributed by atoms with Gasteiger partial charge in [-0.25, -0.2) is 87.8 Å². The third-order valence-electron chi connectivity index (χ3n) is 6.46. The minimum Gasteiger partial charge on any atom is -0.203 e. The Kier molecular flexibility index (Phi) is 10.1. The summed E-state index contributed by atoms with van der Waals surface area (Å²) in [5, 5.41) is -13.9. The van der Waals surface area contributed by atoms with E-state index in [0.29, 0.717) is 0 Å². The Morgan fingerprint density at radius 1 is 0.229 bits per heavy atom. The zero-order valence-electron chi connectivity index (χ0n) is 22.0. The number of halogens is 20. The molecule has 0 saturated heterocycles. The average molecular weight is 758 g/mol. The predicted octanol–water partition coefficient (Wildman–Crippen LogP) is 8.38. The van der Waals surface area contributed by atoms with Gasteiger partial charge in [-0.15, -0.1) is 0 Å². The highest BCUT2D eigenvalue weighted by Gasteiger charge is 2.47. The molecule has 0 N–H and O–H groups in total. The lowest BCUT2D eigenvalue weighted by atomic mass is 10.3. The van der Waals surface area contributed by atoms with Crippen LogP contribution in [0.1, 0.15) is 6.92 Å². The molecule has 0 bridgehead atoms. The van der Waals surface area contributed by atoms with Crippen LogP contribution in [-0.2, 0) is 0 Å². The maximum Gasteiger partial charge on any atom is 0.200 e. The van der Waals surface area contributed by atoms with Crippen LogP contribution >= 0.6 is 15.8 Å². The highest BCUT2D eigenvalue weighted by molar-refractivity contribution is 7.89. The van der Waals surface area contributed by atoms with Crippen LogP contribution in [0.15, 0.2) is 0 Å². The van der Waals surface area contributed by atoms with Crippen molar-refractivity contribution in [2.24, 2.45) is 0 Å². The second-order valence-corrected chi connectivity index (χ2v) is 14.3. The molecule has 0 spiro atoms. The Balaban J connectivity index is 2.34. The largest absolute Gasteiger partial charge is 0.203 e. The summed E-state index contributed by atoms with van der Waals surface area (Å²) in [6, 6.07) is 0. The molecule has 4 aromatic carbocycles. The number of hydrogen-bond acceptors (Lipinski definition) is 0. The lowest BCUT2D eigenvalue weighted by Crippen LogP contribution is -2.37. The molecule has 0 heterocycles. The molecule has 0 saturated carbocycles. The fourth-order valence-corrected chi connectivity index (χ4v) is 11.0. The molecule has 4 aromatic rings. The molecule has 22 heteroatoms. The van der Waals surface area contributed by atoms with Gasteiger partial charge in [0.05, 0.1) is 21.2 Å². The van der Waals surface area contributed by atoms with Gasteiger partial charge in [0.2, 0.25) is 23.3 Å². The van der Waals surface area contributed by atoms with Gasteiger partial charge in [0.1, 0.15) is 0 Å². The summed E-state index contributed by atoms with van der Waals surface area (Å²) in [6.45, 7) is -0.0242. The fourth-order valence-electron chi connectivity index (χ4n) is 4.31. The van der Waals surface area contributed by atoms with Crippen molar-refractivity contribution < 1.29 is 87.8 Å². The molecule has 0 atom stereocenters. The van der Waals surface area contributed by atoms with Crippen molar-refractivity contribution in [2.75, 3.05) is 0 Å². The summed E-state index contributed by atoms with van der Waals surface area (Å²) < 4.78 is 291. The maximum atomic E-state index is 15.2. The third-order valence-corrected chi connectivity index (χ3v) is 12.8. The van der Waals surface area contributed by atoms with E-state index < -0.39 is 159 Å². The molecule has 0 unspecified atom stereocenters. The standard InChI is InChI=1S/C26H4F20P2/c1-2(47(23-15(39)7(31)3(27)8(32)16(23)40)24-17(41)9(33)4(28)10(34)18(24)42)48(25-19(43)11(35)5(29)12(36)20(25)44)26-21(45)13(37)6(30)14(38)22(26)46/h2H,1H3. The van der Waals surface area contributed by atoms with Gasteiger partial charge < -0.3 is 0 Å². The molecule has 0 fully saturated rings. The van der Waals surface area contributed by atoms with Crippen molar-refractivity contribution in [3.05, 3.63) is 116 Å². The Morgan fingerprint density at radius 3 is 0.458 bits per heavy atom. The molecule has 4 rings (SSSR count). The van der Waals surface area contributed by atoms with Gasteiger partial charge in [-0.05, 0) is 15.8 Å². The Morgan fingerprint density at radius 2 is 0.333 bits per heavy atom. The quantitative estimate of drug-likeness (QED) is 0.0803. The highest BCUT2D eigenvalue weighted by atomic mass is 31.2. The summed E-state index contributed by atoms with van der Waals surface area (Å²) in [6.07, 6.45) is 0. The number of benzene rings is 4. The molecule has 48 heavy (non-hydrogen) atoms. The van der Waals surface area contributed by atoms with Crippen LogP contribution in [0.4, 0.5) is 87.8 Å². The molecule has 0 aliphatic rings. The van der Waals surface area contributed by atoms with Gasteiger partial charge in [-0.2, -0.15) is 0 Å². The van der Waals surface area contributed by atoms with E-state index in [2.05, 4.69) is 0 Å². The Labute approximate surface area is 254 Å². The van der Waals surface area contributed by atoms with E-state index in [1.54, 1.807) is 0 Å². The van der Waals surface area contributed by atoms with E-state index in [1.165, 1.54) is 0 Å². The second-order valence-electron chi connectivity index (χ2n) is 9.05.